The van der Waals surface area contributed by atoms with Crippen LogP contribution in [-0.2, 0) is 0 Å². The molecular weight excluding hydrogens is 593 g/mol. The zero-order valence-electron chi connectivity index (χ0n) is 26.7. The fourth-order valence-corrected chi connectivity index (χ4v) is 7.61. The molecule has 1 heterocycles. The molecule has 0 fully saturated rings. The van der Waals surface area contributed by atoms with Crippen LogP contribution in [0.25, 0.3) is 98.8 Å². The van der Waals surface area contributed by atoms with Crippen LogP contribution in [-0.4, -0.2) is 0 Å². The van der Waals surface area contributed by atoms with Gasteiger partial charge in [-0.3, -0.25) is 0 Å². The normalized spacial score (nSPS) is 11.7. The van der Waals surface area contributed by atoms with E-state index in [9.17, 15) is 0 Å². The van der Waals surface area contributed by atoms with Crippen molar-refractivity contribution in [2.24, 2.45) is 0 Å². The van der Waals surface area contributed by atoms with Gasteiger partial charge in [0, 0.05) is 10.8 Å². The lowest BCUT2D eigenvalue weighted by molar-refractivity contribution is 0.669. The van der Waals surface area contributed by atoms with E-state index in [2.05, 4.69) is 170 Å². The van der Waals surface area contributed by atoms with Gasteiger partial charge in [0.1, 0.15) is 11.2 Å². The molecule has 1 heteroatoms. The van der Waals surface area contributed by atoms with Crippen LogP contribution in [0.2, 0.25) is 0 Å². The molecule has 10 rings (SSSR count). The molecule has 1 aromatic heterocycles. The molecule has 0 spiro atoms. The highest BCUT2D eigenvalue weighted by Crippen LogP contribution is 2.41. The second kappa shape index (κ2) is 11.1. The molecule has 0 saturated heterocycles. The molecule has 0 radical (unpaired) electrons. The first-order chi connectivity index (χ1) is 24.3. The van der Waals surface area contributed by atoms with Crippen LogP contribution in [0.3, 0.4) is 0 Å². The molecule has 0 saturated carbocycles. The minimum absolute atomic E-state index is 0.907. The molecular formula is C48H30O. The minimum atomic E-state index is 0.907. The van der Waals surface area contributed by atoms with Crippen molar-refractivity contribution in [3.8, 4) is 44.5 Å². The SMILES string of the molecule is c1ccc(-c2cc(-c3ccc4c(c3)oc3ccccc34)cc(-c3ccc4c5ccccc5c5cc(-c6ccccc6)ccc5c4c3)c2)cc1. The monoisotopic (exact) mass is 622 g/mol. The van der Waals surface area contributed by atoms with E-state index in [4.69, 9.17) is 4.42 Å². The summed E-state index contributed by atoms with van der Waals surface area (Å²) >= 11 is 0. The Morgan fingerprint density at radius 1 is 0.204 bits per heavy atom. The van der Waals surface area contributed by atoms with E-state index in [1.165, 1.54) is 65.7 Å². The Hall–Kier alpha value is -6.44. The molecule has 1 nitrogen and oxygen atoms in total. The summed E-state index contributed by atoms with van der Waals surface area (Å²) in [6.45, 7) is 0. The summed E-state index contributed by atoms with van der Waals surface area (Å²) in [6.07, 6.45) is 0. The van der Waals surface area contributed by atoms with Crippen molar-refractivity contribution >= 4 is 54.3 Å². The smallest absolute Gasteiger partial charge is 0.136 e. The van der Waals surface area contributed by atoms with Crippen molar-refractivity contribution in [2.75, 3.05) is 0 Å². The molecule has 0 N–H and O–H groups in total. The molecule has 0 unspecified atom stereocenters. The fourth-order valence-electron chi connectivity index (χ4n) is 7.61. The number of para-hydroxylation sites is 1. The van der Waals surface area contributed by atoms with Gasteiger partial charge in [-0.2, -0.15) is 0 Å². The van der Waals surface area contributed by atoms with Gasteiger partial charge in [0.15, 0.2) is 0 Å². The van der Waals surface area contributed by atoms with Crippen LogP contribution >= 0.6 is 0 Å². The molecule has 0 aliphatic rings. The first kappa shape index (κ1) is 27.7. The maximum atomic E-state index is 6.31. The van der Waals surface area contributed by atoms with Crippen LogP contribution < -0.4 is 0 Å². The van der Waals surface area contributed by atoms with Crippen molar-refractivity contribution in [3.63, 3.8) is 0 Å². The van der Waals surface area contributed by atoms with E-state index in [0.717, 1.165) is 33.1 Å². The molecule has 0 aliphatic carbocycles. The molecule has 0 amide bonds. The quantitative estimate of drug-likeness (QED) is 0.178. The van der Waals surface area contributed by atoms with Crippen LogP contribution in [0.15, 0.2) is 186 Å². The maximum Gasteiger partial charge on any atom is 0.136 e. The van der Waals surface area contributed by atoms with Crippen molar-refractivity contribution in [3.05, 3.63) is 182 Å². The standard InChI is InChI=1S/C48H30O/c1-3-11-31(12-4-1)33-19-23-42-45(28-33)40-16-8-7-15-39(40)41-22-20-34(29-46(41)42)37-25-36(32-13-5-2-6-14-32)26-38(27-37)35-21-24-44-43-17-9-10-18-47(43)49-48(44)30-35/h1-30H. The van der Waals surface area contributed by atoms with Gasteiger partial charge in [-0.25, -0.2) is 0 Å². The summed E-state index contributed by atoms with van der Waals surface area (Å²) in [5, 5.41) is 9.93. The minimum Gasteiger partial charge on any atom is -0.456 e. The van der Waals surface area contributed by atoms with Gasteiger partial charge < -0.3 is 4.42 Å². The van der Waals surface area contributed by atoms with Gasteiger partial charge in [-0.05, 0) is 125 Å². The summed E-state index contributed by atoms with van der Waals surface area (Å²) in [6, 6.07) is 65.9. The molecule has 228 valence electrons. The lowest BCUT2D eigenvalue weighted by Gasteiger charge is -2.15. The van der Waals surface area contributed by atoms with Crippen LogP contribution in [0, 0.1) is 0 Å². The van der Waals surface area contributed by atoms with Gasteiger partial charge >= 0.3 is 0 Å². The van der Waals surface area contributed by atoms with Crippen LogP contribution in [0.1, 0.15) is 0 Å². The van der Waals surface area contributed by atoms with Gasteiger partial charge in [0.05, 0.1) is 0 Å². The highest BCUT2D eigenvalue weighted by Gasteiger charge is 2.14. The zero-order valence-corrected chi connectivity index (χ0v) is 26.7. The second-order valence-electron chi connectivity index (χ2n) is 12.9. The summed E-state index contributed by atoms with van der Waals surface area (Å²) < 4.78 is 6.31. The lowest BCUT2D eigenvalue weighted by Crippen LogP contribution is -1.88. The molecule has 0 bridgehead atoms. The zero-order chi connectivity index (χ0) is 32.3. The fraction of sp³-hybridized carbons (Fsp3) is 0. The van der Waals surface area contributed by atoms with E-state index in [0.29, 0.717) is 0 Å². The number of benzene rings is 9. The predicted octanol–water partition coefficient (Wildman–Crippen LogP) is 13.7. The summed E-state index contributed by atoms with van der Waals surface area (Å²) in [5.74, 6) is 0. The number of rotatable bonds is 4. The van der Waals surface area contributed by atoms with Gasteiger partial charge in [-0.15, -0.1) is 0 Å². The van der Waals surface area contributed by atoms with Crippen LogP contribution in [0.4, 0.5) is 0 Å². The third-order valence-corrected chi connectivity index (χ3v) is 10.0. The molecule has 0 atom stereocenters. The van der Waals surface area contributed by atoms with Crippen molar-refractivity contribution in [1.29, 1.82) is 0 Å². The molecule has 10 aromatic rings. The third-order valence-electron chi connectivity index (χ3n) is 10.0. The number of fused-ring (bicyclic) bond motifs is 9. The van der Waals surface area contributed by atoms with E-state index >= 15 is 0 Å². The van der Waals surface area contributed by atoms with E-state index in [1.54, 1.807) is 0 Å². The Morgan fingerprint density at radius 2 is 0.592 bits per heavy atom. The van der Waals surface area contributed by atoms with Gasteiger partial charge in [0.25, 0.3) is 0 Å². The Morgan fingerprint density at radius 3 is 1.22 bits per heavy atom. The number of furan rings is 1. The van der Waals surface area contributed by atoms with E-state index in [-0.39, 0.29) is 0 Å². The van der Waals surface area contributed by atoms with E-state index in [1.807, 2.05) is 12.1 Å². The highest BCUT2D eigenvalue weighted by molar-refractivity contribution is 6.26. The highest BCUT2D eigenvalue weighted by atomic mass is 16.3. The van der Waals surface area contributed by atoms with Crippen molar-refractivity contribution in [2.45, 2.75) is 0 Å². The molecule has 49 heavy (non-hydrogen) atoms. The first-order valence-electron chi connectivity index (χ1n) is 16.8. The Bertz CT molecular complexity index is 2860. The summed E-state index contributed by atoms with van der Waals surface area (Å²) in [5.41, 5.74) is 11.3. The number of hydrogen-bond donors (Lipinski definition) is 0. The topological polar surface area (TPSA) is 13.1 Å². The first-order valence-corrected chi connectivity index (χ1v) is 16.8. The summed E-state index contributed by atoms with van der Waals surface area (Å²) in [4.78, 5) is 0. The summed E-state index contributed by atoms with van der Waals surface area (Å²) in [7, 11) is 0. The molecule has 9 aromatic carbocycles. The number of hydrogen-bond acceptors (Lipinski definition) is 1. The van der Waals surface area contributed by atoms with Crippen molar-refractivity contribution < 1.29 is 4.42 Å². The third kappa shape index (κ3) is 4.63. The average Bonchev–Trinajstić information content (AvgIpc) is 3.56. The average molecular weight is 623 g/mol. The maximum absolute atomic E-state index is 6.31. The van der Waals surface area contributed by atoms with E-state index < -0.39 is 0 Å². The Labute approximate surface area is 284 Å². The van der Waals surface area contributed by atoms with Gasteiger partial charge in [0.2, 0.25) is 0 Å². The largest absolute Gasteiger partial charge is 0.456 e. The Kier molecular flexibility index (Phi) is 6.25. The van der Waals surface area contributed by atoms with Gasteiger partial charge in [-0.1, -0.05) is 133 Å². The Balaban J connectivity index is 1.19. The predicted molar refractivity (Wildman–Crippen MR) is 208 cm³/mol. The lowest BCUT2D eigenvalue weighted by atomic mass is 9.89. The van der Waals surface area contributed by atoms with Crippen molar-refractivity contribution in [1.82, 2.24) is 0 Å². The van der Waals surface area contributed by atoms with Crippen LogP contribution in [0.5, 0.6) is 0 Å². The molecule has 0 aliphatic heterocycles. The second-order valence-corrected chi connectivity index (χ2v) is 12.9.